The first-order valence-corrected chi connectivity index (χ1v) is 8.55. The van der Waals surface area contributed by atoms with Crippen molar-refractivity contribution < 1.29 is 27.3 Å². The molecular formula is C14H28CdN2S4. The van der Waals surface area contributed by atoms with E-state index in [1.165, 1.54) is 0 Å². The predicted molar refractivity (Wildman–Crippen MR) is 104 cm³/mol. The molecule has 0 heterocycles. The van der Waals surface area contributed by atoms with Crippen molar-refractivity contribution in [2.75, 3.05) is 0 Å². The zero-order valence-electron chi connectivity index (χ0n) is 14.5. The Morgan fingerprint density at radius 1 is 0.619 bits per heavy atom. The Hall–Kier alpha value is 1.14. The van der Waals surface area contributed by atoms with Crippen LogP contribution >= 0.6 is 24.4 Å². The molecule has 0 aromatic carbocycles. The van der Waals surface area contributed by atoms with E-state index in [0.717, 1.165) is 0 Å². The maximum Gasteiger partial charge on any atom is 2.00 e. The van der Waals surface area contributed by atoms with Crippen molar-refractivity contribution in [3.63, 3.8) is 0 Å². The summed E-state index contributed by atoms with van der Waals surface area (Å²) in [6.45, 7) is 16.8. The molecule has 0 aliphatic carbocycles. The van der Waals surface area contributed by atoms with Crippen LogP contribution in [0.4, 0.5) is 0 Å². The number of rotatable bonds is 4. The quantitative estimate of drug-likeness (QED) is 0.351. The van der Waals surface area contributed by atoms with E-state index in [0.29, 0.717) is 32.8 Å². The van der Waals surface area contributed by atoms with E-state index in [1.807, 2.05) is 9.80 Å². The van der Waals surface area contributed by atoms with E-state index >= 15 is 0 Å². The number of thiocarbonyl (C=S) groups is 2. The van der Waals surface area contributed by atoms with Crippen LogP contribution in [-0.2, 0) is 52.6 Å². The molecule has 0 aromatic rings. The van der Waals surface area contributed by atoms with Gasteiger partial charge in [-0.15, -0.1) is 0 Å². The van der Waals surface area contributed by atoms with E-state index < -0.39 is 0 Å². The molecule has 0 saturated heterocycles. The first kappa shape index (κ1) is 27.0. The maximum absolute atomic E-state index is 4.91. The Kier molecular flexibility index (Phi) is 17.5. The Morgan fingerprint density at radius 3 is 0.762 bits per heavy atom. The second-order valence-electron chi connectivity index (χ2n) is 5.72. The van der Waals surface area contributed by atoms with Crippen LogP contribution in [-0.4, -0.2) is 42.6 Å². The van der Waals surface area contributed by atoms with Gasteiger partial charge < -0.3 is 59.5 Å². The predicted octanol–water partition coefficient (Wildman–Crippen LogP) is 3.87. The van der Waals surface area contributed by atoms with Gasteiger partial charge >= 0.3 is 27.3 Å². The average Bonchev–Trinajstić information content (AvgIpc) is 2.12. The summed E-state index contributed by atoms with van der Waals surface area (Å²) in [4.78, 5) is 4.09. The molecule has 0 spiro atoms. The molecule has 0 radical (unpaired) electrons. The molecule has 0 aliphatic rings. The SMILES string of the molecule is CC(C)N(C(=S)[S-])C(C)C.CC(C)N(C(=S)[S-])C(C)C.[Cd+2]. The van der Waals surface area contributed by atoms with Gasteiger partial charge in [0.25, 0.3) is 0 Å². The molecule has 21 heavy (non-hydrogen) atoms. The average molecular weight is 465 g/mol. The number of hydrogen-bond donors (Lipinski definition) is 0. The first-order valence-electron chi connectivity index (χ1n) is 6.92. The topological polar surface area (TPSA) is 6.48 Å². The molecule has 2 nitrogen and oxygen atoms in total. The van der Waals surface area contributed by atoms with E-state index in [4.69, 9.17) is 49.7 Å². The fourth-order valence-corrected chi connectivity index (χ4v) is 3.72. The van der Waals surface area contributed by atoms with Crippen molar-refractivity contribution in [3.8, 4) is 0 Å². The minimum Gasteiger partial charge on any atom is -0.411 e. The summed E-state index contributed by atoms with van der Waals surface area (Å²) < 4.78 is 1.15. The molecule has 0 N–H and O–H groups in total. The summed E-state index contributed by atoms with van der Waals surface area (Å²) >= 11 is 19.6. The second kappa shape index (κ2) is 13.6. The Labute approximate surface area is 173 Å². The van der Waals surface area contributed by atoms with Crippen molar-refractivity contribution in [2.24, 2.45) is 0 Å². The summed E-state index contributed by atoms with van der Waals surface area (Å²) in [6, 6.07) is 1.69. The third kappa shape index (κ3) is 12.3. The largest absolute Gasteiger partial charge is 2.00 e. The van der Waals surface area contributed by atoms with Crippen LogP contribution in [0.5, 0.6) is 0 Å². The van der Waals surface area contributed by atoms with Gasteiger partial charge in [-0.3, -0.25) is 0 Å². The molecule has 0 unspecified atom stereocenters. The van der Waals surface area contributed by atoms with Crippen LogP contribution < -0.4 is 0 Å². The Balaban J connectivity index is -0.000000295. The normalized spacial score (nSPS) is 10.1. The summed E-state index contributed by atoms with van der Waals surface area (Å²) in [5.41, 5.74) is 0. The minimum atomic E-state index is 0. The van der Waals surface area contributed by atoms with Gasteiger partial charge in [-0.05, 0) is 55.4 Å². The molecule has 0 rings (SSSR count). The third-order valence-electron chi connectivity index (χ3n) is 2.65. The van der Waals surface area contributed by atoms with E-state index in [1.54, 1.807) is 0 Å². The zero-order chi connectivity index (χ0) is 16.6. The fourth-order valence-electron chi connectivity index (χ4n) is 2.04. The first-order chi connectivity index (χ1) is 8.93. The molecule has 0 fully saturated rings. The molecule has 0 aliphatic heterocycles. The summed E-state index contributed by atoms with van der Waals surface area (Å²) in [7, 11) is 0. The number of hydrogen-bond acceptors (Lipinski definition) is 4. The van der Waals surface area contributed by atoms with Crippen molar-refractivity contribution in [1.29, 1.82) is 0 Å². The van der Waals surface area contributed by atoms with Crippen molar-refractivity contribution >= 4 is 58.3 Å². The van der Waals surface area contributed by atoms with Gasteiger partial charge in [0, 0.05) is 24.2 Å². The van der Waals surface area contributed by atoms with Crippen molar-refractivity contribution in [3.05, 3.63) is 0 Å². The van der Waals surface area contributed by atoms with Crippen molar-refractivity contribution in [1.82, 2.24) is 9.80 Å². The zero-order valence-corrected chi connectivity index (χ0v) is 21.8. The van der Waals surface area contributed by atoms with Gasteiger partial charge in [-0.25, -0.2) is 0 Å². The molecule has 7 heteroatoms. The summed E-state index contributed by atoms with van der Waals surface area (Å²) in [6.07, 6.45) is 0. The Bertz CT molecular complexity index is 261. The summed E-state index contributed by atoms with van der Waals surface area (Å²) in [5.74, 6) is 0. The van der Waals surface area contributed by atoms with Gasteiger partial charge in [0.1, 0.15) is 0 Å². The van der Waals surface area contributed by atoms with Crippen LogP contribution in [0.2, 0.25) is 0 Å². The van der Waals surface area contributed by atoms with E-state index in [-0.39, 0.29) is 27.3 Å². The molecule has 0 amide bonds. The van der Waals surface area contributed by atoms with Gasteiger partial charge in [0.2, 0.25) is 0 Å². The molecule has 0 bridgehead atoms. The van der Waals surface area contributed by atoms with Crippen LogP contribution in [0.3, 0.4) is 0 Å². The van der Waals surface area contributed by atoms with Gasteiger partial charge in [-0.2, -0.15) is 0 Å². The van der Waals surface area contributed by atoms with Crippen LogP contribution in [0.1, 0.15) is 55.4 Å². The molecular weight excluding hydrogens is 437 g/mol. The fraction of sp³-hybridized carbons (Fsp3) is 0.857. The van der Waals surface area contributed by atoms with Gasteiger partial charge in [0.05, 0.1) is 0 Å². The third-order valence-corrected chi connectivity index (χ3v) is 3.49. The maximum atomic E-state index is 4.91. The van der Waals surface area contributed by atoms with E-state index in [2.05, 4.69) is 55.4 Å². The molecule has 0 aromatic heterocycles. The standard InChI is InChI=1S/2C7H15NS2.Cd/c2*1-5(2)8(6(3)4)7(9)10;/h2*5-6H,1-4H3,(H,9,10);/q;;+2/p-2. The van der Waals surface area contributed by atoms with Crippen LogP contribution in [0, 0.1) is 0 Å². The van der Waals surface area contributed by atoms with Crippen molar-refractivity contribution in [2.45, 2.75) is 79.6 Å². The monoisotopic (exact) mass is 466 g/mol. The molecule has 0 saturated carbocycles. The van der Waals surface area contributed by atoms with E-state index in [9.17, 15) is 0 Å². The van der Waals surface area contributed by atoms with Gasteiger partial charge in [0.15, 0.2) is 0 Å². The Morgan fingerprint density at radius 2 is 0.762 bits per heavy atom. The van der Waals surface area contributed by atoms with Crippen LogP contribution in [0.25, 0.3) is 0 Å². The van der Waals surface area contributed by atoms with Gasteiger partial charge in [-0.1, -0.05) is 8.64 Å². The van der Waals surface area contributed by atoms with Crippen LogP contribution in [0.15, 0.2) is 0 Å². The smallest absolute Gasteiger partial charge is 0.411 e. The molecule has 0 atom stereocenters. The minimum absolute atomic E-state index is 0. The summed E-state index contributed by atoms with van der Waals surface area (Å²) in [5, 5.41) is 0. The second-order valence-corrected chi connectivity index (χ2v) is 7.78. The molecule has 120 valence electrons. The number of nitrogens with zero attached hydrogens (tertiary/aromatic N) is 2.